The number of fused-ring (bicyclic) bond motifs is 3. The molecule has 0 N–H and O–H groups in total. The van der Waals surface area contributed by atoms with Gasteiger partial charge in [0.25, 0.3) is 0 Å². The summed E-state index contributed by atoms with van der Waals surface area (Å²) >= 11 is 1.76. The summed E-state index contributed by atoms with van der Waals surface area (Å²) in [6.45, 7) is 8.35. The molecule has 2 aliphatic carbocycles. The van der Waals surface area contributed by atoms with Crippen LogP contribution >= 0.6 is 11.3 Å². The van der Waals surface area contributed by atoms with Gasteiger partial charge in [0.1, 0.15) is 11.1 Å². The number of hydrogen-bond acceptors (Lipinski definition) is 3. The van der Waals surface area contributed by atoms with Crippen LogP contribution in [0.4, 0.5) is 5.00 Å². The fourth-order valence-electron chi connectivity index (χ4n) is 5.70. The Morgan fingerprint density at radius 3 is 2.80 bits per heavy atom. The van der Waals surface area contributed by atoms with Crippen LogP contribution in [0.2, 0.25) is 0 Å². The molecule has 1 aliphatic heterocycles. The summed E-state index contributed by atoms with van der Waals surface area (Å²) < 4.78 is 0. The molecule has 25 heavy (non-hydrogen) atoms. The molecule has 2 fully saturated rings. The van der Waals surface area contributed by atoms with Gasteiger partial charge in [-0.15, -0.1) is 11.3 Å². The predicted molar refractivity (Wildman–Crippen MR) is 105 cm³/mol. The highest BCUT2D eigenvalue weighted by Gasteiger charge is 2.48. The minimum absolute atomic E-state index is 0.420. The van der Waals surface area contributed by atoms with Gasteiger partial charge < -0.3 is 4.90 Å². The summed E-state index contributed by atoms with van der Waals surface area (Å²) in [6.07, 6.45) is 11.8. The summed E-state index contributed by atoms with van der Waals surface area (Å²) in [5.41, 5.74) is 3.00. The molecule has 1 aromatic heterocycles. The first-order chi connectivity index (χ1) is 11.9. The average molecular weight is 356 g/mol. The van der Waals surface area contributed by atoms with Crippen LogP contribution in [0, 0.1) is 22.2 Å². The number of nitriles is 1. The highest BCUT2D eigenvalue weighted by Crippen LogP contribution is 2.52. The second kappa shape index (κ2) is 6.13. The topological polar surface area (TPSA) is 39.4 Å². The van der Waals surface area contributed by atoms with Crippen molar-refractivity contribution in [2.75, 3.05) is 6.54 Å². The Hall–Kier alpha value is -1.34. The highest BCUT2D eigenvalue weighted by molar-refractivity contribution is 7.16. The quantitative estimate of drug-likeness (QED) is 0.402. The third-order valence-electron chi connectivity index (χ3n) is 6.29. The molecule has 0 aromatic carbocycles. The van der Waals surface area contributed by atoms with E-state index in [1.165, 1.54) is 49.0 Å². The molecule has 4 rings (SSSR count). The van der Waals surface area contributed by atoms with Gasteiger partial charge in [0.05, 0.1) is 11.9 Å². The maximum absolute atomic E-state index is 9.68. The van der Waals surface area contributed by atoms with Crippen molar-refractivity contribution in [1.82, 2.24) is 4.90 Å². The highest BCUT2D eigenvalue weighted by atomic mass is 32.1. The number of hydrogen-bond donors (Lipinski definition) is 0. The van der Waals surface area contributed by atoms with Crippen molar-refractivity contribution in [3.63, 3.8) is 0 Å². The molecule has 3 nitrogen and oxygen atoms in total. The monoisotopic (exact) mass is 355 g/mol. The van der Waals surface area contributed by atoms with E-state index in [4.69, 9.17) is 4.99 Å². The van der Waals surface area contributed by atoms with Crippen LogP contribution < -0.4 is 0 Å². The van der Waals surface area contributed by atoms with Gasteiger partial charge in [-0.05, 0) is 61.3 Å². The zero-order valence-corrected chi connectivity index (χ0v) is 16.6. The van der Waals surface area contributed by atoms with Gasteiger partial charge in [-0.3, -0.25) is 0 Å². The fraction of sp³-hybridized carbons (Fsp3) is 0.714. The lowest BCUT2D eigenvalue weighted by atomic mass is 9.65. The minimum Gasteiger partial charge on any atom is -0.359 e. The first kappa shape index (κ1) is 17.1. The van der Waals surface area contributed by atoms with Gasteiger partial charge in [0, 0.05) is 17.5 Å². The molecule has 134 valence electrons. The van der Waals surface area contributed by atoms with Crippen molar-refractivity contribution < 1.29 is 0 Å². The fourth-order valence-corrected chi connectivity index (χ4v) is 6.88. The van der Waals surface area contributed by atoms with Crippen molar-refractivity contribution >= 4 is 22.7 Å². The van der Waals surface area contributed by atoms with Crippen LogP contribution in [0.25, 0.3) is 0 Å². The lowest BCUT2D eigenvalue weighted by molar-refractivity contribution is 0.133. The maximum atomic E-state index is 9.68. The molecule has 2 heterocycles. The molecular weight excluding hydrogens is 326 g/mol. The molecule has 1 saturated carbocycles. The number of likely N-dealkylation sites (tertiary alicyclic amines) is 1. The summed E-state index contributed by atoms with van der Waals surface area (Å²) in [4.78, 5) is 8.70. The van der Waals surface area contributed by atoms with Gasteiger partial charge in [-0.1, -0.05) is 27.2 Å². The Labute approximate surface area is 155 Å². The number of nitrogens with zero attached hydrogens (tertiary/aromatic N) is 3. The van der Waals surface area contributed by atoms with E-state index < -0.39 is 0 Å². The van der Waals surface area contributed by atoms with Gasteiger partial charge in [-0.25, -0.2) is 4.99 Å². The molecule has 0 radical (unpaired) electrons. The lowest BCUT2D eigenvalue weighted by Crippen LogP contribution is -2.34. The maximum Gasteiger partial charge on any atom is 0.136 e. The number of rotatable bonds is 2. The molecule has 2 atom stereocenters. The Balaban J connectivity index is 1.58. The summed E-state index contributed by atoms with van der Waals surface area (Å²) in [5.74, 6) is 0. The molecule has 0 amide bonds. The molecule has 1 saturated heterocycles. The van der Waals surface area contributed by atoms with Crippen molar-refractivity contribution in [3.8, 4) is 6.07 Å². The molecule has 2 bridgehead atoms. The summed E-state index contributed by atoms with van der Waals surface area (Å²) in [5, 5.41) is 10.6. The molecule has 1 aromatic rings. The van der Waals surface area contributed by atoms with E-state index in [-0.39, 0.29) is 0 Å². The third-order valence-corrected chi connectivity index (χ3v) is 7.49. The number of aryl methyl sites for hydroxylation is 1. The second-order valence-corrected chi connectivity index (χ2v) is 10.6. The van der Waals surface area contributed by atoms with Crippen LogP contribution in [0.5, 0.6) is 0 Å². The van der Waals surface area contributed by atoms with E-state index in [1.807, 2.05) is 0 Å². The van der Waals surface area contributed by atoms with Crippen molar-refractivity contribution in [3.05, 3.63) is 16.0 Å². The predicted octanol–water partition coefficient (Wildman–Crippen LogP) is 5.45. The standard InChI is InChI=1S/C21H29N3S/c1-20(2)9-15-10-21(3,12-20)13-24(15)14-23-19-17(11-22)16-7-5-4-6-8-18(16)25-19/h14-15H,4-10,12-13H2,1-3H3/t15-,21+/m1/s1. The summed E-state index contributed by atoms with van der Waals surface area (Å²) in [6, 6.07) is 3.06. The number of thiophene rings is 1. The zero-order valence-electron chi connectivity index (χ0n) is 15.8. The SMILES string of the molecule is CC1(C)C[C@@H]2C[C@](C)(CN2C=Nc2sc3c(c2C#N)CCCCC3)C1. The van der Waals surface area contributed by atoms with E-state index in [2.05, 4.69) is 38.1 Å². The normalized spacial score (nSPS) is 31.0. The average Bonchev–Trinajstić information content (AvgIpc) is 2.86. The Morgan fingerprint density at radius 1 is 1.20 bits per heavy atom. The van der Waals surface area contributed by atoms with Crippen LogP contribution in [0.15, 0.2) is 4.99 Å². The zero-order chi connectivity index (χ0) is 17.7. The Kier molecular flexibility index (Phi) is 4.19. The minimum atomic E-state index is 0.420. The smallest absolute Gasteiger partial charge is 0.136 e. The van der Waals surface area contributed by atoms with Crippen LogP contribution in [0.3, 0.4) is 0 Å². The van der Waals surface area contributed by atoms with Gasteiger partial charge >= 0.3 is 0 Å². The Bertz CT molecular complexity index is 739. The van der Waals surface area contributed by atoms with Gasteiger partial charge in [0.2, 0.25) is 0 Å². The van der Waals surface area contributed by atoms with E-state index in [0.29, 0.717) is 16.9 Å². The molecule has 0 spiro atoms. The molecule has 0 unspecified atom stereocenters. The first-order valence-electron chi connectivity index (χ1n) is 9.74. The van der Waals surface area contributed by atoms with Crippen LogP contribution in [-0.4, -0.2) is 23.8 Å². The van der Waals surface area contributed by atoms with E-state index >= 15 is 0 Å². The van der Waals surface area contributed by atoms with Crippen LogP contribution in [-0.2, 0) is 12.8 Å². The van der Waals surface area contributed by atoms with Crippen molar-refractivity contribution in [2.24, 2.45) is 15.8 Å². The van der Waals surface area contributed by atoms with Gasteiger partial charge in [-0.2, -0.15) is 5.26 Å². The molecular formula is C21H29N3S. The third kappa shape index (κ3) is 3.24. The molecule has 4 heteroatoms. The second-order valence-electron chi connectivity index (χ2n) is 9.49. The summed E-state index contributed by atoms with van der Waals surface area (Å²) in [7, 11) is 0. The van der Waals surface area contributed by atoms with Gasteiger partial charge in [0.15, 0.2) is 0 Å². The Morgan fingerprint density at radius 2 is 2.00 bits per heavy atom. The van der Waals surface area contributed by atoms with Crippen molar-refractivity contribution in [2.45, 2.75) is 78.2 Å². The van der Waals surface area contributed by atoms with Crippen molar-refractivity contribution in [1.29, 1.82) is 5.26 Å². The largest absolute Gasteiger partial charge is 0.359 e. The molecule has 3 aliphatic rings. The number of aliphatic imine (C=N–C) groups is 1. The lowest BCUT2D eigenvalue weighted by Gasteiger charge is -2.39. The first-order valence-corrected chi connectivity index (χ1v) is 10.6. The van der Waals surface area contributed by atoms with E-state index in [1.54, 1.807) is 11.3 Å². The van der Waals surface area contributed by atoms with E-state index in [9.17, 15) is 5.26 Å². The van der Waals surface area contributed by atoms with Crippen LogP contribution in [0.1, 0.15) is 75.3 Å². The van der Waals surface area contributed by atoms with E-state index in [0.717, 1.165) is 30.0 Å².